The molecule has 1 N–H and O–H groups in total. The molecule has 0 unspecified atom stereocenters. The highest BCUT2D eigenvalue weighted by molar-refractivity contribution is 5.95. The predicted molar refractivity (Wildman–Crippen MR) is 87.3 cm³/mol. The second-order valence-corrected chi connectivity index (χ2v) is 6.24. The van der Waals surface area contributed by atoms with Crippen LogP contribution in [-0.2, 0) is 0 Å². The lowest BCUT2D eigenvalue weighted by atomic mass is 10.1. The van der Waals surface area contributed by atoms with Gasteiger partial charge in [0, 0.05) is 63.6 Å². The molecule has 1 atom stereocenters. The van der Waals surface area contributed by atoms with Crippen molar-refractivity contribution in [1.82, 2.24) is 20.1 Å². The first-order valence-electron chi connectivity index (χ1n) is 8.06. The second-order valence-electron chi connectivity index (χ2n) is 6.24. The molecule has 0 aromatic carbocycles. The van der Waals surface area contributed by atoms with Crippen LogP contribution in [0, 0.1) is 0 Å². The minimum Gasteiger partial charge on any atom is -0.354 e. The lowest BCUT2D eigenvalue weighted by Gasteiger charge is -2.35. The monoisotopic (exact) mass is 303 g/mol. The van der Waals surface area contributed by atoms with Crippen molar-refractivity contribution in [2.24, 2.45) is 0 Å². The molecule has 0 bridgehead atoms. The molecule has 1 aromatic heterocycles. The fourth-order valence-electron chi connectivity index (χ4n) is 3.07. The highest BCUT2D eigenvalue weighted by Gasteiger charge is 2.25. The summed E-state index contributed by atoms with van der Waals surface area (Å²) in [5.41, 5.74) is 0.748. The molecule has 3 heterocycles. The molecule has 0 aliphatic carbocycles. The summed E-state index contributed by atoms with van der Waals surface area (Å²) in [6, 6.07) is 4.01. The Labute approximate surface area is 132 Å². The van der Waals surface area contributed by atoms with Gasteiger partial charge in [0.15, 0.2) is 0 Å². The Hall–Kier alpha value is -1.66. The molecule has 0 spiro atoms. The zero-order valence-corrected chi connectivity index (χ0v) is 13.5. The molecule has 2 fully saturated rings. The first kappa shape index (κ1) is 15.2. The molecule has 2 aliphatic rings. The van der Waals surface area contributed by atoms with E-state index in [1.807, 2.05) is 17.0 Å². The van der Waals surface area contributed by atoms with E-state index in [0.29, 0.717) is 0 Å². The average Bonchev–Trinajstić information content (AvgIpc) is 2.55. The van der Waals surface area contributed by atoms with Crippen molar-refractivity contribution in [1.29, 1.82) is 0 Å². The molecule has 1 aromatic rings. The van der Waals surface area contributed by atoms with Gasteiger partial charge in [-0.3, -0.25) is 4.79 Å². The van der Waals surface area contributed by atoms with Crippen LogP contribution in [0.2, 0.25) is 0 Å². The summed E-state index contributed by atoms with van der Waals surface area (Å²) >= 11 is 0. The third-order valence-corrected chi connectivity index (χ3v) is 4.58. The Morgan fingerprint density at radius 3 is 2.77 bits per heavy atom. The number of nitrogens with zero attached hydrogens (tertiary/aromatic N) is 4. The second kappa shape index (κ2) is 6.62. The van der Waals surface area contributed by atoms with Crippen LogP contribution in [0.25, 0.3) is 0 Å². The third-order valence-electron chi connectivity index (χ3n) is 4.58. The number of carbonyl (C=O) groups is 1. The Bertz CT molecular complexity index is 527. The van der Waals surface area contributed by atoms with Crippen molar-refractivity contribution in [2.75, 3.05) is 57.8 Å². The van der Waals surface area contributed by atoms with E-state index < -0.39 is 0 Å². The molecule has 2 saturated heterocycles. The maximum atomic E-state index is 12.7. The van der Waals surface area contributed by atoms with Crippen molar-refractivity contribution in [3.63, 3.8) is 0 Å². The molecule has 2 aliphatic heterocycles. The maximum Gasteiger partial charge on any atom is 0.254 e. The lowest BCUT2D eigenvalue weighted by Crippen LogP contribution is -2.52. The summed E-state index contributed by atoms with van der Waals surface area (Å²) in [5, 5.41) is 3.32. The van der Waals surface area contributed by atoms with Crippen LogP contribution in [0.1, 0.15) is 17.3 Å². The first-order valence-corrected chi connectivity index (χ1v) is 8.06. The number of pyridine rings is 1. The van der Waals surface area contributed by atoms with Crippen LogP contribution in [0.3, 0.4) is 0 Å². The Kier molecular flexibility index (Phi) is 4.59. The van der Waals surface area contributed by atoms with Crippen LogP contribution in [-0.4, -0.2) is 79.6 Å². The van der Waals surface area contributed by atoms with Crippen molar-refractivity contribution in [3.05, 3.63) is 23.9 Å². The number of piperazine rings is 2. The number of carbonyl (C=O) groups excluding carboxylic acids is 1. The molecule has 6 nitrogen and oxygen atoms in total. The van der Waals surface area contributed by atoms with Crippen LogP contribution >= 0.6 is 0 Å². The van der Waals surface area contributed by atoms with Crippen LogP contribution in [0.5, 0.6) is 0 Å². The topological polar surface area (TPSA) is 51.7 Å². The zero-order valence-electron chi connectivity index (χ0n) is 13.5. The number of rotatable bonds is 2. The number of aromatic nitrogens is 1. The summed E-state index contributed by atoms with van der Waals surface area (Å²) in [6.07, 6.45) is 1.76. The number of amides is 1. The normalized spacial score (nSPS) is 23.6. The molecule has 6 heteroatoms. The van der Waals surface area contributed by atoms with Gasteiger partial charge in [0.1, 0.15) is 5.82 Å². The SMILES string of the molecule is C[C@@H]1CNCCN1C(=O)c1ccnc(N2CCN(C)CC2)c1. The van der Waals surface area contributed by atoms with E-state index >= 15 is 0 Å². The fraction of sp³-hybridized carbons (Fsp3) is 0.625. The van der Waals surface area contributed by atoms with E-state index in [2.05, 4.69) is 34.1 Å². The van der Waals surface area contributed by atoms with Gasteiger partial charge in [0.25, 0.3) is 5.91 Å². The molecule has 22 heavy (non-hydrogen) atoms. The molecule has 1 amide bonds. The predicted octanol–water partition coefficient (Wildman–Crippen LogP) is 0.267. The summed E-state index contributed by atoms with van der Waals surface area (Å²) in [6.45, 7) is 8.59. The number of hydrogen-bond donors (Lipinski definition) is 1. The van der Waals surface area contributed by atoms with Crippen molar-refractivity contribution >= 4 is 11.7 Å². The molecule has 120 valence electrons. The van der Waals surface area contributed by atoms with E-state index in [-0.39, 0.29) is 11.9 Å². The van der Waals surface area contributed by atoms with Gasteiger partial charge < -0.3 is 20.0 Å². The Morgan fingerprint density at radius 1 is 1.27 bits per heavy atom. The van der Waals surface area contributed by atoms with Gasteiger partial charge in [-0.05, 0) is 26.1 Å². The Balaban J connectivity index is 1.74. The van der Waals surface area contributed by atoms with E-state index in [4.69, 9.17) is 0 Å². The zero-order chi connectivity index (χ0) is 15.5. The lowest BCUT2D eigenvalue weighted by molar-refractivity contribution is 0.0655. The largest absolute Gasteiger partial charge is 0.354 e. The summed E-state index contributed by atoms with van der Waals surface area (Å²) in [7, 11) is 2.14. The number of anilines is 1. The molecule has 0 radical (unpaired) electrons. The smallest absolute Gasteiger partial charge is 0.254 e. The molecule has 3 rings (SSSR count). The van der Waals surface area contributed by atoms with Crippen molar-refractivity contribution in [3.8, 4) is 0 Å². The number of likely N-dealkylation sites (N-methyl/N-ethyl adjacent to an activating group) is 1. The van der Waals surface area contributed by atoms with Crippen LogP contribution in [0.4, 0.5) is 5.82 Å². The summed E-state index contributed by atoms with van der Waals surface area (Å²) in [5.74, 6) is 1.04. The maximum absolute atomic E-state index is 12.7. The van der Waals surface area contributed by atoms with Gasteiger partial charge in [-0.15, -0.1) is 0 Å². The first-order chi connectivity index (χ1) is 10.6. The highest BCUT2D eigenvalue weighted by Crippen LogP contribution is 2.17. The third kappa shape index (κ3) is 3.23. The fourth-order valence-corrected chi connectivity index (χ4v) is 3.07. The molecular weight excluding hydrogens is 278 g/mol. The van der Waals surface area contributed by atoms with Gasteiger partial charge in [-0.2, -0.15) is 0 Å². The summed E-state index contributed by atoms with van der Waals surface area (Å²) in [4.78, 5) is 23.7. The average molecular weight is 303 g/mol. The van der Waals surface area contributed by atoms with Gasteiger partial charge in [0.2, 0.25) is 0 Å². The van der Waals surface area contributed by atoms with Crippen LogP contribution < -0.4 is 10.2 Å². The summed E-state index contributed by atoms with van der Waals surface area (Å²) < 4.78 is 0. The van der Waals surface area contributed by atoms with Crippen LogP contribution in [0.15, 0.2) is 18.3 Å². The number of hydrogen-bond acceptors (Lipinski definition) is 5. The van der Waals surface area contributed by atoms with E-state index in [1.165, 1.54) is 0 Å². The standard InChI is InChI=1S/C16H25N5O/c1-13-12-17-5-6-21(13)16(22)14-3-4-18-15(11-14)20-9-7-19(2)8-10-20/h3-4,11,13,17H,5-10,12H2,1-2H3/t13-/m1/s1. The van der Waals surface area contributed by atoms with Crippen molar-refractivity contribution < 1.29 is 4.79 Å². The minimum atomic E-state index is 0.117. The van der Waals surface area contributed by atoms with Gasteiger partial charge in [0.05, 0.1) is 0 Å². The quantitative estimate of drug-likeness (QED) is 0.850. The van der Waals surface area contributed by atoms with Gasteiger partial charge in [-0.1, -0.05) is 0 Å². The van der Waals surface area contributed by atoms with E-state index in [0.717, 1.165) is 57.2 Å². The minimum absolute atomic E-state index is 0.117. The van der Waals surface area contributed by atoms with Gasteiger partial charge >= 0.3 is 0 Å². The van der Waals surface area contributed by atoms with E-state index in [9.17, 15) is 4.79 Å². The molecule has 0 saturated carbocycles. The number of nitrogens with one attached hydrogen (secondary N) is 1. The highest BCUT2D eigenvalue weighted by atomic mass is 16.2. The van der Waals surface area contributed by atoms with Crippen molar-refractivity contribution in [2.45, 2.75) is 13.0 Å². The molecular formula is C16H25N5O. The Morgan fingerprint density at radius 2 is 2.05 bits per heavy atom. The van der Waals surface area contributed by atoms with E-state index in [1.54, 1.807) is 6.20 Å². The van der Waals surface area contributed by atoms with Gasteiger partial charge in [-0.25, -0.2) is 4.98 Å².